The first-order chi connectivity index (χ1) is 14.0. The second-order valence-corrected chi connectivity index (χ2v) is 6.08. The molecule has 152 valence electrons. The van der Waals surface area contributed by atoms with E-state index >= 15 is 0 Å². The summed E-state index contributed by atoms with van der Waals surface area (Å²) in [4.78, 5) is 24.3. The number of nitrogens with one attached hydrogen (secondary N) is 1. The molecular weight excluding hydrogens is 378 g/mol. The molecule has 1 aliphatic rings. The fourth-order valence-electron chi connectivity index (χ4n) is 2.60. The number of rotatable bonds is 7. The fraction of sp³-hybridized carbons (Fsp3) is 0.238. The Balaban J connectivity index is 1.57. The van der Waals surface area contributed by atoms with Gasteiger partial charge in [0.1, 0.15) is 11.5 Å². The van der Waals surface area contributed by atoms with E-state index in [-0.39, 0.29) is 6.79 Å². The number of fused-ring (bicyclic) bond motifs is 1. The van der Waals surface area contributed by atoms with E-state index in [2.05, 4.69) is 5.32 Å². The van der Waals surface area contributed by atoms with Crippen molar-refractivity contribution in [3.05, 3.63) is 48.0 Å². The molecule has 2 aromatic rings. The van der Waals surface area contributed by atoms with Crippen molar-refractivity contribution >= 4 is 23.6 Å². The molecule has 0 aromatic heterocycles. The van der Waals surface area contributed by atoms with Gasteiger partial charge in [-0.1, -0.05) is 0 Å². The summed E-state index contributed by atoms with van der Waals surface area (Å²) in [7, 11) is 3.07. The zero-order chi connectivity index (χ0) is 20.8. The summed E-state index contributed by atoms with van der Waals surface area (Å²) >= 11 is 0. The van der Waals surface area contributed by atoms with Crippen LogP contribution in [0, 0.1) is 0 Å². The van der Waals surface area contributed by atoms with Gasteiger partial charge in [0, 0.05) is 29.5 Å². The molecule has 2 aromatic carbocycles. The standard InChI is InChI=1S/C21H21NO7/c1-13(21(24)22-15-6-8-17-19(10-15)28-12-27-17)29-20(23)9-5-14-4-7-16(25-2)11-18(14)26-3/h4-11,13H,12H2,1-3H3,(H,22,24)/b9-5+/t13-/m1/s1. The van der Waals surface area contributed by atoms with Crippen molar-refractivity contribution in [2.75, 3.05) is 26.3 Å². The van der Waals surface area contributed by atoms with E-state index < -0.39 is 18.0 Å². The predicted octanol–water partition coefficient (Wildman–Crippen LogP) is 3.02. The number of hydrogen-bond donors (Lipinski definition) is 1. The molecule has 1 amide bonds. The van der Waals surface area contributed by atoms with Crippen molar-refractivity contribution in [2.24, 2.45) is 0 Å². The number of ether oxygens (including phenoxy) is 5. The minimum absolute atomic E-state index is 0.145. The van der Waals surface area contributed by atoms with Gasteiger partial charge in [0.25, 0.3) is 5.91 Å². The Morgan fingerprint density at radius 2 is 1.86 bits per heavy atom. The van der Waals surface area contributed by atoms with Crippen LogP contribution in [0.3, 0.4) is 0 Å². The molecule has 0 saturated heterocycles. The molecule has 3 rings (SSSR count). The van der Waals surface area contributed by atoms with Crippen LogP contribution >= 0.6 is 0 Å². The van der Waals surface area contributed by atoms with Crippen LogP contribution in [-0.4, -0.2) is 39.0 Å². The average Bonchev–Trinajstić information content (AvgIpc) is 3.19. The largest absolute Gasteiger partial charge is 0.497 e. The second kappa shape index (κ2) is 9.01. The first kappa shape index (κ1) is 20.1. The number of anilines is 1. The summed E-state index contributed by atoms with van der Waals surface area (Å²) in [5.74, 6) is 1.21. The molecule has 0 saturated carbocycles. The van der Waals surface area contributed by atoms with Gasteiger partial charge in [0.2, 0.25) is 6.79 Å². The van der Waals surface area contributed by atoms with Crippen molar-refractivity contribution in [1.82, 2.24) is 0 Å². The maximum atomic E-state index is 12.3. The molecule has 0 radical (unpaired) electrons. The summed E-state index contributed by atoms with van der Waals surface area (Å²) in [5.41, 5.74) is 1.18. The summed E-state index contributed by atoms with van der Waals surface area (Å²) < 4.78 is 26.1. The number of hydrogen-bond acceptors (Lipinski definition) is 7. The second-order valence-electron chi connectivity index (χ2n) is 6.08. The Kier molecular flexibility index (Phi) is 6.23. The number of benzene rings is 2. The average molecular weight is 399 g/mol. The minimum atomic E-state index is -0.990. The van der Waals surface area contributed by atoms with Crippen LogP contribution in [0.15, 0.2) is 42.5 Å². The van der Waals surface area contributed by atoms with Gasteiger partial charge in [-0.2, -0.15) is 0 Å². The third-order valence-corrected chi connectivity index (χ3v) is 4.14. The molecule has 0 unspecified atom stereocenters. The van der Waals surface area contributed by atoms with Crippen molar-refractivity contribution in [1.29, 1.82) is 0 Å². The third kappa shape index (κ3) is 4.98. The van der Waals surface area contributed by atoms with Gasteiger partial charge in [-0.25, -0.2) is 4.79 Å². The van der Waals surface area contributed by atoms with Gasteiger partial charge >= 0.3 is 5.97 Å². The zero-order valence-corrected chi connectivity index (χ0v) is 16.3. The van der Waals surface area contributed by atoms with Gasteiger partial charge in [-0.3, -0.25) is 4.79 Å². The predicted molar refractivity (Wildman–Crippen MR) is 105 cm³/mol. The van der Waals surface area contributed by atoms with Crippen LogP contribution in [0.5, 0.6) is 23.0 Å². The Morgan fingerprint density at radius 3 is 2.62 bits per heavy atom. The van der Waals surface area contributed by atoms with E-state index in [0.717, 1.165) is 0 Å². The number of esters is 1. The number of carbonyl (C=O) groups excluding carboxylic acids is 2. The molecule has 8 heteroatoms. The van der Waals surface area contributed by atoms with E-state index in [1.807, 2.05) is 0 Å². The van der Waals surface area contributed by atoms with Gasteiger partial charge in [0.05, 0.1) is 14.2 Å². The number of methoxy groups -OCH3 is 2. The van der Waals surface area contributed by atoms with Crippen molar-refractivity contribution in [3.63, 3.8) is 0 Å². The highest BCUT2D eigenvalue weighted by Crippen LogP contribution is 2.34. The highest BCUT2D eigenvalue weighted by Gasteiger charge is 2.19. The lowest BCUT2D eigenvalue weighted by Gasteiger charge is -2.13. The highest BCUT2D eigenvalue weighted by molar-refractivity contribution is 5.97. The van der Waals surface area contributed by atoms with Crippen LogP contribution < -0.4 is 24.3 Å². The lowest BCUT2D eigenvalue weighted by Crippen LogP contribution is -2.29. The van der Waals surface area contributed by atoms with Crippen LogP contribution in [0.25, 0.3) is 6.08 Å². The molecule has 1 aliphatic heterocycles. The maximum Gasteiger partial charge on any atom is 0.331 e. The third-order valence-electron chi connectivity index (χ3n) is 4.14. The molecule has 0 spiro atoms. The van der Waals surface area contributed by atoms with E-state index in [1.54, 1.807) is 49.6 Å². The van der Waals surface area contributed by atoms with E-state index in [1.165, 1.54) is 20.1 Å². The van der Waals surface area contributed by atoms with Crippen LogP contribution in [0.2, 0.25) is 0 Å². The van der Waals surface area contributed by atoms with E-state index in [4.69, 9.17) is 23.7 Å². The smallest absolute Gasteiger partial charge is 0.331 e. The first-order valence-electron chi connectivity index (χ1n) is 8.81. The normalized spacial score (nSPS) is 13.1. The lowest BCUT2D eigenvalue weighted by molar-refractivity contribution is -0.148. The van der Waals surface area contributed by atoms with Crippen molar-refractivity contribution in [3.8, 4) is 23.0 Å². The summed E-state index contributed by atoms with van der Waals surface area (Å²) in [6.07, 6.45) is 1.79. The Labute approximate surface area is 168 Å². The number of amides is 1. The monoisotopic (exact) mass is 399 g/mol. The lowest BCUT2D eigenvalue weighted by atomic mass is 10.1. The topological polar surface area (TPSA) is 92.3 Å². The molecule has 1 heterocycles. The SMILES string of the molecule is COc1ccc(/C=C/C(=O)O[C@H](C)C(=O)Nc2ccc3c(c2)OCO3)c(OC)c1. The maximum absolute atomic E-state index is 12.3. The Hall–Kier alpha value is -3.68. The van der Waals surface area contributed by atoms with Gasteiger partial charge < -0.3 is 29.0 Å². The molecule has 0 bridgehead atoms. The van der Waals surface area contributed by atoms with Gasteiger partial charge in [0.15, 0.2) is 17.6 Å². The number of carbonyl (C=O) groups is 2. The summed E-state index contributed by atoms with van der Waals surface area (Å²) in [6.45, 7) is 1.63. The molecule has 1 atom stereocenters. The molecule has 0 fully saturated rings. The van der Waals surface area contributed by atoms with Crippen LogP contribution in [-0.2, 0) is 14.3 Å². The highest BCUT2D eigenvalue weighted by atomic mass is 16.7. The first-order valence-corrected chi connectivity index (χ1v) is 8.81. The summed E-state index contributed by atoms with van der Waals surface area (Å²) in [5, 5.41) is 2.67. The van der Waals surface area contributed by atoms with E-state index in [0.29, 0.717) is 34.2 Å². The minimum Gasteiger partial charge on any atom is -0.497 e. The van der Waals surface area contributed by atoms with Crippen molar-refractivity contribution < 1.29 is 33.3 Å². The Morgan fingerprint density at radius 1 is 1.07 bits per heavy atom. The molecular formula is C21H21NO7. The molecule has 0 aliphatic carbocycles. The Bertz CT molecular complexity index is 939. The van der Waals surface area contributed by atoms with Gasteiger partial charge in [-0.05, 0) is 37.3 Å². The van der Waals surface area contributed by atoms with Crippen molar-refractivity contribution in [2.45, 2.75) is 13.0 Å². The zero-order valence-electron chi connectivity index (χ0n) is 16.3. The van der Waals surface area contributed by atoms with Crippen LogP contribution in [0.4, 0.5) is 5.69 Å². The molecule has 29 heavy (non-hydrogen) atoms. The van der Waals surface area contributed by atoms with Gasteiger partial charge in [-0.15, -0.1) is 0 Å². The van der Waals surface area contributed by atoms with E-state index in [9.17, 15) is 9.59 Å². The van der Waals surface area contributed by atoms with Crippen LogP contribution in [0.1, 0.15) is 12.5 Å². The summed E-state index contributed by atoms with van der Waals surface area (Å²) in [6, 6.07) is 10.2. The molecule has 8 nitrogen and oxygen atoms in total. The molecule has 1 N–H and O–H groups in total. The fourth-order valence-corrected chi connectivity index (χ4v) is 2.60. The quantitative estimate of drug-likeness (QED) is 0.565.